The molecule has 0 radical (unpaired) electrons. The first-order chi connectivity index (χ1) is 33.7. The summed E-state index contributed by atoms with van der Waals surface area (Å²) < 4.78 is 4.81. The van der Waals surface area contributed by atoms with Crippen LogP contribution in [0, 0.1) is 0 Å². The van der Waals surface area contributed by atoms with E-state index >= 15 is 0 Å². The van der Waals surface area contributed by atoms with Crippen LogP contribution in [0.4, 0.5) is 0 Å². The van der Waals surface area contributed by atoms with E-state index in [0.29, 0.717) is 17.5 Å². The van der Waals surface area contributed by atoms with Crippen molar-refractivity contribution in [3.63, 3.8) is 0 Å². The molecule has 68 heavy (non-hydrogen) atoms. The first-order valence-electron chi connectivity index (χ1n) is 23.1. The molecule has 14 rings (SSSR count). The van der Waals surface area contributed by atoms with E-state index in [0.717, 1.165) is 50.0 Å². The summed E-state index contributed by atoms with van der Waals surface area (Å²) in [7, 11) is 0. The van der Waals surface area contributed by atoms with E-state index in [4.69, 9.17) is 15.0 Å². The van der Waals surface area contributed by atoms with Crippen LogP contribution in [0.3, 0.4) is 0 Å². The predicted molar refractivity (Wildman–Crippen MR) is 283 cm³/mol. The van der Waals surface area contributed by atoms with Gasteiger partial charge in [0.2, 0.25) is 0 Å². The molecule has 0 amide bonds. The standard InChI is InChI=1S/C63H39N5/c1-2-13-40(14-3-1)42-25-28-44(29-26-42)61-64-62(66-63(65-61)48-30-27-41-15-4-5-17-45(41)35-48)47-18-12-19-50(36-47)68-56-23-10-8-21-53(56)55-38-49-37-51(33-31-46(49)39-59(55)68)67-57-24-11-9-22-54(57)60-52-20-7-6-16-43(52)32-34-58(60)67/h1-39H. The summed E-state index contributed by atoms with van der Waals surface area (Å²) in [6.45, 7) is 0. The summed E-state index contributed by atoms with van der Waals surface area (Å²) in [5.74, 6) is 1.87. The number of para-hydroxylation sites is 2. The van der Waals surface area contributed by atoms with Gasteiger partial charge in [-0.2, -0.15) is 0 Å². The molecule has 5 heteroatoms. The monoisotopic (exact) mass is 865 g/mol. The lowest BCUT2D eigenvalue weighted by Gasteiger charge is -2.13. The maximum atomic E-state index is 5.21. The van der Waals surface area contributed by atoms with Crippen molar-refractivity contribution in [1.29, 1.82) is 0 Å². The second kappa shape index (κ2) is 15.2. The van der Waals surface area contributed by atoms with Gasteiger partial charge in [0.15, 0.2) is 17.5 Å². The van der Waals surface area contributed by atoms with Crippen molar-refractivity contribution in [2.75, 3.05) is 0 Å². The lowest BCUT2D eigenvalue weighted by Crippen LogP contribution is -2.01. The van der Waals surface area contributed by atoms with Crippen molar-refractivity contribution < 1.29 is 0 Å². The Morgan fingerprint density at radius 2 is 0.765 bits per heavy atom. The molecule has 3 aromatic heterocycles. The molecule has 0 aliphatic rings. The molecule has 0 saturated heterocycles. The number of fused-ring (bicyclic) bond motifs is 10. The van der Waals surface area contributed by atoms with Crippen LogP contribution >= 0.6 is 0 Å². The van der Waals surface area contributed by atoms with E-state index in [9.17, 15) is 0 Å². The second-order valence-electron chi connectivity index (χ2n) is 17.6. The minimum Gasteiger partial charge on any atom is -0.309 e. The van der Waals surface area contributed by atoms with Crippen LogP contribution in [0.15, 0.2) is 237 Å². The first kappa shape index (κ1) is 38.1. The number of hydrogen-bond acceptors (Lipinski definition) is 3. The predicted octanol–water partition coefficient (Wildman–Crippen LogP) is 16.2. The third-order valence-electron chi connectivity index (χ3n) is 13.7. The highest BCUT2D eigenvalue weighted by molar-refractivity contribution is 6.21. The molecule has 0 aliphatic heterocycles. The number of nitrogens with zero attached hydrogens (tertiary/aromatic N) is 5. The van der Waals surface area contributed by atoms with Gasteiger partial charge in [0, 0.05) is 49.6 Å². The van der Waals surface area contributed by atoms with Gasteiger partial charge in [-0.15, -0.1) is 0 Å². The van der Waals surface area contributed by atoms with Crippen LogP contribution in [-0.2, 0) is 0 Å². The van der Waals surface area contributed by atoms with E-state index in [2.05, 4.69) is 240 Å². The third-order valence-corrected chi connectivity index (χ3v) is 13.7. The Labute approximate surface area is 391 Å². The van der Waals surface area contributed by atoms with Crippen LogP contribution in [-0.4, -0.2) is 24.1 Å². The van der Waals surface area contributed by atoms with Gasteiger partial charge in [-0.1, -0.05) is 176 Å². The van der Waals surface area contributed by atoms with Crippen molar-refractivity contribution >= 4 is 75.9 Å². The maximum absolute atomic E-state index is 5.21. The summed E-state index contributed by atoms with van der Waals surface area (Å²) in [6.07, 6.45) is 0. The Morgan fingerprint density at radius 1 is 0.235 bits per heavy atom. The first-order valence-corrected chi connectivity index (χ1v) is 23.1. The molecule has 0 N–H and O–H groups in total. The fourth-order valence-corrected chi connectivity index (χ4v) is 10.5. The zero-order valence-corrected chi connectivity index (χ0v) is 36.8. The number of hydrogen-bond donors (Lipinski definition) is 0. The Morgan fingerprint density at radius 3 is 1.57 bits per heavy atom. The van der Waals surface area contributed by atoms with Crippen LogP contribution in [0.25, 0.3) is 133 Å². The highest BCUT2D eigenvalue weighted by Gasteiger charge is 2.19. The second-order valence-corrected chi connectivity index (χ2v) is 17.6. The summed E-state index contributed by atoms with van der Waals surface area (Å²) in [6, 6.07) is 84.7. The minimum atomic E-state index is 0.615. The van der Waals surface area contributed by atoms with Gasteiger partial charge in [0.05, 0.1) is 22.1 Å². The van der Waals surface area contributed by atoms with Gasteiger partial charge in [-0.3, -0.25) is 0 Å². The zero-order chi connectivity index (χ0) is 44.7. The van der Waals surface area contributed by atoms with Gasteiger partial charge in [-0.05, 0) is 104 Å². The third kappa shape index (κ3) is 6.14. The van der Waals surface area contributed by atoms with Gasteiger partial charge < -0.3 is 9.13 Å². The molecule has 5 nitrogen and oxygen atoms in total. The van der Waals surface area contributed by atoms with Crippen molar-refractivity contribution in [3.8, 4) is 56.7 Å². The summed E-state index contributed by atoms with van der Waals surface area (Å²) in [5.41, 5.74) is 11.9. The van der Waals surface area contributed by atoms with Crippen LogP contribution < -0.4 is 0 Å². The van der Waals surface area contributed by atoms with Crippen LogP contribution in [0.2, 0.25) is 0 Å². The number of aromatic nitrogens is 5. The zero-order valence-electron chi connectivity index (χ0n) is 36.8. The van der Waals surface area contributed by atoms with Crippen LogP contribution in [0.1, 0.15) is 0 Å². The molecule has 0 spiro atoms. The molecule has 0 saturated carbocycles. The van der Waals surface area contributed by atoms with Crippen molar-refractivity contribution in [1.82, 2.24) is 24.1 Å². The highest BCUT2D eigenvalue weighted by Crippen LogP contribution is 2.40. The fraction of sp³-hybridized carbons (Fsp3) is 0. The smallest absolute Gasteiger partial charge is 0.164 e. The van der Waals surface area contributed by atoms with Crippen molar-refractivity contribution in [3.05, 3.63) is 237 Å². The van der Waals surface area contributed by atoms with E-state index in [1.165, 1.54) is 65.1 Å². The molecule has 316 valence electrons. The normalized spacial score (nSPS) is 11.8. The van der Waals surface area contributed by atoms with Gasteiger partial charge in [0.25, 0.3) is 0 Å². The lowest BCUT2D eigenvalue weighted by molar-refractivity contribution is 1.07. The van der Waals surface area contributed by atoms with Crippen LogP contribution in [0.5, 0.6) is 0 Å². The van der Waals surface area contributed by atoms with Gasteiger partial charge >= 0.3 is 0 Å². The summed E-state index contributed by atoms with van der Waals surface area (Å²) in [4.78, 5) is 15.5. The molecule has 0 atom stereocenters. The molecular weight excluding hydrogens is 827 g/mol. The Kier molecular flexibility index (Phi) is 8.52. The SMILES string of the molecule is c1ccc(-c2ccc(-c3nc(-c4cccc(-n5c6ccccc6c6cc7cc(-n8c9ccccc9c9c%10ccccc%10ccc98)ccc7cc65)c4)nc(-c4ccc5ccccc5c4)n3)cc2)cc1. The van der Waals surface area contributed by atoms with Crippen molar-refractivity contribution in [2.24, 2.45) is 0 Å². The molecule has 3 heterocycles. The molecule has 14 aromatic rings. The molecular formula is C63H39N5. The molecule has 0 aliphatic carbocycles. The summed E-state index contributed by atoms with van der Waals surface area (Å²) in [5, 5.41) is 12.1. The minimum absolute atomic E-state index is 0.615. The average molecular weight is 866 g/mol. The number of rotatable bonds is 6. The fourth-order valence-electron chi connectivity index (χ4n) is 10.5. The average Bonchev–Trinajstić information content (AvgIpc) is 3.93. The van der Waals surface area contributed by atoms with E-state index in [-0.39, 0.29) is 0 Å². The maximum Gasteiger partial charge on any atom is 0.164 e. The molecule has 11 aromatic carbocycles. The summed E-state index contributed by atoms with van der Waals surface area (Å²) >= 11 is 0. The Hall–Kier alpha value is -9.19. The van der Waals surface area contributed by atoms with E-state index in [1.807, 2.05) is 6.07 Å². The lowest BCUT2D eigenvalue weighted by atomic mass is 10.0. The van der Waals surface area contributed by atoms with E-state index < -0.39 is 0 Å². The molecule has 0 bridgehead atoms. The van der Waals surface area contributed by atoms with Gasteiger partial charge in [0.1, 0.15) is 0 Å². The largest absolute Gasteiger partial charge is 0.309 e. The molecule has 0 unspecified atom stereocenters. The van der Waals surface area contributed by atoms with Gasteiger partial charge in [-0.25, -0.2) is 15.0 Å². The number of benzene rings is 11. The topological polar surface area (TPSA) is 48.5 Å². The quantitative estimate of drug-likeness (QED) is 0.167. The highest BCUT2D eigenvalue weighted by atomic mass is 15.0. The Bertz CT molecular complexity index is 4320. The van der Waals surface area contributed by atoms with E-state index in [1.54, 1.807) is 0 Å². The Balaban J connectivity index is 0.912. The molecule has 0 fully saturated rings. The van der Waals surface area contributed by atoms with Crippen molar-refractivity contribution in [2.45, 2.75) is 0 Å².